The Hall–Kier alpha value is -7.32. The lowest BCUT2D eigenvalue weighted by atomic mass is 9.82. The fraction of sp³-hybridized carbons (Fsp3) is 0.500. The van der Waals surface area contributed by atoms with Gasteiger partial charge < -0.3 is 46.2 Å². The number of hydrazine groups is 1. The number of nitrogens with one attached hydrogen (secondary N) is 6. The Kier molecular flexibility index (Phi) is 21.5. The molecule has 2 aromatic carbocycles. The number of benzene rings is 2. The molecule has 2 aliphatic rings. The number of hydrogen-bond acceptors (Lipinski definition) is 13. The van der Waals surface area contributed by atoms with E-state index in [0.717, 1.165) is 33.1 Å². The van der Waals surface area contributed by atoms with Gasteiger partial charge in [-0.3, -0.25) is 19.9 Å². The average molecular weight is 1170 g/mol. The van der Waals surface area contributed by atoms with E-state index in [1.54, 1.807) is 22.8 Å². The van der Waals surface area contributed by atoms with Crippen molar-refractivity contribution in [2.75, 3.05) is 45.3 Å². The maximum absolute atomic E-state index is 15.9. The number of nitrogens with zero attached hydrogens (tertiary/aromatic N) is 4. The summed E-state index contributed by atoms with van der Waals surface area (Å²) in [5.74, 6) is 0.255. The highest BCUT2D eigenvalue weighted by molar-refractivity contribution is 6.06. The highest BCUT2D eigenvalue weighted by Crippen LogP contribution is 2.42. The number of alkyl carbamates (subject to hydrolysis) is 2. The van der Waals surface area contributed by atoms with E-state index in [4.69, 9.17) is 5.41 Å². The number of amides is 4. The molecule has 444 valence electrons. The number of halogens is 12. The third-order valence-electron chi connectivity index (χ3n) is 13.9. The zero-order valence-electron chi connectivity index (χ0n) is 44.3. The Morgan fingerprint density at radius 3 is 1.80 bits per heavy atom. The zero-order valence-corrected chi connectivity index (χ0v) is 44.3. The molecule has 1 aromatic heterocycles. The number of ether oxygens (including phenoxy) is 2. The molecular formula is C52H60F12N10O7. The van der Waals surface area contributed by atoms with Crippen LogP contribution < -0.4 is 31.6 Å². The molecule has 2 fully saturated rings. The molecule has 2 unspecified atom stereocenters. The lowest BCUT2D eigenvalue weighted by molar-refractivity contribution is -0.221. The first-order valence-electron chi connectivity index (χ1n) is 24.8. The van der Waals surface area contributed by atoms with Gasteiger partial charge in [0.15, 0.2) is 0 Å². The monoisotopic (exact) mass is 1160 g/mol. The van der Waals surface area contributed by atoms with E-state index in [1.165, 1.54) is 30.5 Å². The second kappa shape index (κ2) is 27.0. The molecule has 81 heavy (non-hydrogen) atoms. The van der Waals surface area contributed by atoms with E-state index in [1.807, 2.05) is 20.5 Å². The largest absolute Gasteiger partial charge is 0.453 e. The van der Waals surface area contributed by atoms with Gasteiger partial charge in [0.05, 0.1) is 49.5 Å². The Morgan fingerprint density at radius 2 is 1.32 bits per heavy atom. The fourth-order valence-corrected chi connectivity index (χ4v) is 8.91. The van der Waals surface area contributed by atoms with Gasteiger partial charge in [0, 0.05) is 72.9 Å². The molecule has 2 saturated heterocycles. The van der Waals surface area contributed by atoms with Gasteiger partial charge in [-0.25, -0.2) is 37.1 Å². The molecule has 5 rings (SSSR count). The number of carbonyl (C=O) groups is 4. The normalized spacial score (nSPS) is 17.5. The topological polar surface area (TPSA) is 214 Å². The first-order valence-corrected chi connectivity index (χ1v) is 24.8. The summed E-state index contributed by atoms with van der Waals surface area (Å²) in [7, 11) is 1.56. The summed E-state index contributed by atoms with van der Waals surface area (Å²) in [6, 6.07) is 3.48. The molecule has 0 radical (unpaired) electrons. The van der Waals surface area contributed by atoms with Gasteiger partial charge in [0.1, 0.15) is 29.5 Å². The number of alkyl halides is 10. The summed E-state index contributed by atoms with van der Waals surface area (Å²) in [6.07, 6.45) is -14.2. The van der Waals surface area contributed by atoms with E-state index in [-0.39, 0.29) is 24.2 Å². The van der Waals surface area contributed by atoms with Crippen molar-refractivity contribution in [1.82, 2.24) is 41.6 Å². The number of aromatic nitrogens is 1. The van der Waals surface area contributed by atoms with Crippen molar-refractivity contribution < 1.29 is 86.4 Å². The van der Waals surface area contributed by atoms with Crippen LogP contribution in [0.1, 0.15) is 68.4 Å². The third kappa shape index (κ3) is 16.9. The van der Waals surface area contributed by atoms with Crippen LogP contribution in [0.25, 0.3) is 0 Å². The molecule has 0 aliphatic carbocycles. The number of methoxy groups -OCH3 is 2. The summed E-state index contributed by atoms with van der Waals surface area (Å²) in [5, 5.41) is 27.9. The number of carbonyl (C=O) groups excluding carboxylic acids is 4. The average Bonchev–Trinajstić information content (AvgIpc) is 3.69. The number of fused-ring (bicyclic) bond motifs is 2. The van der Waals surface area contributed by atoms with Crippen molar-refractivity contribution >= 4 is 35.5 Å². The predicted molar refractivity (Wildman–Crippen MR) is 268 cm³/mol. The second-order valence-electron chi connectivity index (χ2n) is 20.2. The highest BCUT2D eigenvalue weighted by atomic mass is 19.4. The molecule has 6 atom stereocenters. The van der Waals surface area contributed by atoms with Gasteiger partial charge in [-0.2, -0.15) is 35.1 Å². The molecule has 0 saturated carbocycles. The Bertz CT molecular complexity index is 2760. The van der Waals surface area contributed by atoms with Crippen molar-refractivity contribution in [2.24, 2.45) is 10.8 Å². The van der Waals surface area contributed by atoms with Crippen molar-refractivity contribution in [2.45, 2.75) is 115 Å². The van der Waals surface area contributed by atoms with Gasteiger partial charge in [-0.1, -0.05) is 24.0 Å². The van der Waals surface area contributed by atoms with Crippen LogP contribution in [0, 0.1) is 39.7 Å². The minimum Gasteiger partial charge on any atom is -0.453 e. The number of allylic oxidation sites excluding steroid dienone is 1. The maximum atomic E-state index is 15.9. The first kappa shape index (κ1) is 64.5. The quantitative estimate of drug-likeness (QED) is 0.0180. The molecule has 2 bridgehead atoms. The molecular weight excluding hydrogens is 1100 g/mol. The van der Waals surface area contributed by atoms with Crippen molar-refractivity contribution in [3.63, 3.8) is 0 Å². The number of piperazine rings is 1. The Labute approximate surface area is 457 Å². The van der Waals surface area contributed by atoms with Crippen LogP contribution in [0.5, 0.6) is 0 Å². The fourth-order valence-electron chi connectivity index (χ4n) is 8.91. The number of pyridine rings is 1. The Morgan fingerprint density at radius 1 is 0.802 bits per heavy atom. The van der Waals surface area contributed by atoms with Crippen molar-refractivity contribution in [1.29, 1.82) is 5.41 Å². The molecule has 29 heteroatoms. The van der Waals surface area contributed by atoms with Gasteiger partial charge in [0.2, 0.25) is 5.91 Å². The van der Waals surface area contributed by atoms with Crippen LogP contribution in [-0.2, 0) is 32.0 Å². The van der Waals surface area contributed by atoms with Crippen LogP contribution in [0.4, 0.5) is 68.1 Å². The van der Waals surface area contributed by atoms with Gasteiger partial charge in [0.25, 0.3) is 12.3 Å². The molecule has 4 amide bonds. The lowest BCUT2D eigenvalue weighted by Gasteiger charge is -2.41. The minimum absolute atomic E-state index is 0.0333. The van der Waals surface area contributed by atoms with Crippen LogP contribution >= 0.6 is 0 Å². The molecule has 3 heterocycles. The predicted octanol–water partition coefficient (Wildman–Crippen LogP) is 6.92. The molecule has 3 aromatic rings. The standard InChI is InChI=1S/C52H60F12N10O7/c1-49(2,51(59,60)61)42(69-47(78)80-5)44(76)68-38(19-29-10-7-28(8-11-29)9-12-30-13-16-41(67-22-30)72-23-32-14-15-33(24-72)74(32)27-40(55)56)39(75)26-73(71-45(77)43(70-48(79)81-6)50(3,4)52(62,63)64)25-34-35(53)20-31(21-36(34)54)37(65)17-18-66-46(57)58/h7-8,10-11,13,16-18,20-22,32-33,38-40,42-43,46,65-66,75H,14-15,19,23-27H2,1-6H3,(H,68,76)(H,69,78)(H,70,79)(H,71,77)/b18-17-,65-37?/t32?,33?,38-,39-,42+,43+/m0/s1. The zero-order chi connectivity index (χ0) is 60.4. The summed E-state index contributed by atoms with van der Waals surface area (Å²) >= 11 is 0. The van der Waals surface area contributed by atoms with E-state index < -0.39 is 132 Å². The third-order valence-corrected chi connectivity index (χ3v) is 13.9. The number of aliphatic hydroxyl groups excluding tert-OH is 1. The van der Waals surface area contributed by atoms with E-state index in [9.17, 15) is 68.2 Å². The summed E-state index contributed by atoms with van der Waals surface area (Å²) in [5.41, 5.74) is -5.31. The van der Waals surface area contributed by atoms with Crippen LogP contribution in [0.3, 0.4) is 0 Å². The molecule has 7 N–H and O–H groups in total. The van der Waals surface area contributed by atoms with Gasteiger partial charge in [-0.05, 0) is 95.0 Å². The van der Waals surface area contributed by atoms with Crippen LogP contribution in [0.2, 0.25) is 0 Å². The van der Waals surface area contributed by atoms with Crippen molar-refractivity contribution in [3.8, 4) is 11.8 Å². The number of aliphatic hydroxyl groups is 1. The van der Waals surface area contributed by atoms with Crippen molar-refractivity contribution in [3.05, 3.63) is 106 Å². The van der Waals surface area contributed by atoms with Crippen LogP contribution in [0.15, 0.2) is 67.0 Å². The van der Waals surface area contributed by atoms with Gasteiger partial charge in [-0.15, -0.1) is 0 Å². The molecule has 0 spiro atoms. The lowest BCUT2D eigenvalue weighted by Crippen LogP contribution is -2.63. The second-order valence-corrected chi connectivity index (χ2v) is 20.2. The minimum atomic E-state index is -5.25. The van der Waals surface area contributed by atoms with E-state index >= 15 is 8.78 Å². The SMILES string of the molecule is COC(=O)N[C@H](C(=O)N[C@@H](Cc1ccc(C#Cc2ccc(N3CC4CCC(C3)N4CC(F)F)nc2)cc1)[C@@H](O)CN(Cc1c(F)cc(C(=N)/C=C\NC(F)F)cc1F)NC(=O)[C@@H](NC(=O)OC)C(C)(C)C(F)(F)F)C(C)(C)C(F)(F)F. The summed E-state index contributed by atoms with van der Waals surface area (Å²) < 4.78 is 179. The Balaban J connectivity index is 1.50. The van der Waals surface area contributed by atoms with E-state index in [0.29, 0.717) is 81.1 Å². The maximum Gasteiger partial charge on any atom is 0.407 e. The van der Waals surface area contributed by atoms with Gasteiger partial charge >= 0.3 is 31.1 Å². The highest BCUT2D eigenvalue weighted by Gasteiger charge is 2.57. The molecule has 2 aliphatic heterocycles. The molecule has 17 nitrogen and oxygen atoms in total. The smallest absolute Gasteiger partial charge is 0.407 e. The van der Waals surface area contributed by atoms with E-state index in [2.05, 4.69) is 31.6 Å². The summed E-state index contributed by atoms with van der Waals surface area (Å²) in [4.78, 5) is 61.1. The first-order chi connectivity index (χ1) is 37.7. The summed E-state index contributed by atoms with van der Waals surface area (Å²) in [6.45, 7) is -2.50. The number of hydrogen-bond donors (Lipinski definition) is 7. The number of anilines is 1. The number of rotatable bonds is 22. The van der Waals surface area contributed by atoms with Crippen LogP contribution in [-0.4, -0.2) is 152 Å².